The molecule has 0 amide bonds. The summed E-state index contributed by atoms with van der Waals surface area (Å²) in [6.07, 6.45) is 3.97. The Balaban J connectivity index is 2.19. The van der Waals surface area contributed by atoms with Crippen LogP contribution in [0.25, 0.3) is 0 Å². The van der Waals surface area contributed by atoms with Crippen molar-refractivity contribution in [1.82, 2.24) is 10.1 Å². The molecule has 84 valence electrons. The number of hydrogen-bond acceptors (Lipinski definition) is 5. The standard InChI is InChI=1S/C10H17N3O2/c1-7(14-2)8-12-9(15-13-8)10(11)5-3-4-6-10/h7H,3-6,11H2,1-2H3. The van der Waals surface area contributed by atoms with E-state index in [2.05, 4.69) is 10.1 Å². The van der Waals surface area contributed by atoms with Crippen molar-refractivity contribution < 1.29 is 9.26 Å². The fourth-order valence-corrected chi connectivity index (χ4v) is 1.93. The second kappa shape index (κ2) is 3.90. The first-order chi connectivity index (χ1) is 7.15. The molecule has 0 saturated heterocycles. The molecule has 1 saturated carbocycles. The Bertz CT molecular complexity index is 331. The van der Waals surface area contributed by atoms with Crippen LogP contribution in [0.15, 0.2) is 4.52 Å². The van der Waals surface area contributed by atoms with E-state index < -0.39 is 5.54 Å². The zero-order chi connectivity index (χ0) is 10.9. The lowest BCUT2D eigenvalue weighted by molar-refractivity contribution is 0.109. The van der Waals surface area contributed by atoms with Crippen LogP contribution in [-0.4, -0.2) is 17.3 Å². The minimum absolute atomic E-state index is 0.146. The van der Waals surface area contributed by atoms with E-state index in [1.54, 1.807) is 7.11 Å². The molecule has 5 heteroatoms. The van der Waals surface area contributed by atoms with Gasteiger partial charge in [0.2, 0.25) is 5.89 Å². The average molecular weight is 211 g/mol. The number of hydrogen-bond donors (Lipinski definition) is 1. The molecule has 2 N–H and O–H groups in total. The van der Waals surface area contributed by atoms with Crippen molar-refractivity contribution in [2.45, 2.75) is 44.2 Å². The number of aromatic nitrogens is 2. The van der Waals surface area contributed by atoms with Crippen molar-refractivity contribution in [1.29, 1.82) is 0 Å². The third-order valence-corrected chi connectivity index (χ3v) is 3.08. The topological polar surface area (TPSA) is 74.2 Å². The van der Waals surface area contributed by atoms with Gasteiger partial charge in [0.05, 0.1) is 5.54 Å². The highest BCUT2D eigenvalue weighted by Gasteiger charge is 2.37. The second-order valence-electron chi connectivity index (χ2n) is 4.20. The van der Waals surface area contributed by atoms with Gasteiger partial charge in [-0.1, -0.05) is 18.0 Å². The van der Waals surface area contributed by atoms with Crippen LogP contribution in [0.2, 0.25) is 0 Å². The zero-order valence-electron chi connectivity index (χ0n) is 9.19. The molecular formula is C10H17N3O2. The van der Waals surface area contributed by atoms with Crippen LogP contribution >= 0.6 is 0 Å². The first kappa shape index (κ1) is 10.6. The summed E-state index contributed by atoms with van der Waals surface area (Å²) in [4.78, 5) is 4.31. The molecule has 0 bridgehead atoms. The van der Waals surface area contributed by atoms with Crippen LogP contribution in [0.1, 0.15) is 50.4 Å². The van der Waals surface area contributed by atoms with Gasteiger partial charge in [-0.2, -0.15) is 4.98 Å². The number of rotatable bonds is 3. The third-order valence-electron chi connectivity index (χ3n) is 3.08. The van der Waals surface area contributed by atoms with E-state index >= 15 is 0 Å². The molecule has 1 fully saturated rings. The zero-order valence-corrected chi connectivity index (χ0v) is 9.19. The van der Waals surface area contributed by atoms with Gasteiger partial charge >= 0.3 is 0 Å². The van der Waals surface area contributed by atoms with E-state index in [0.717, 1.165) is 25.7 Å². The van der Waals surface area contributed by atoms with E-state index in [0.29, 0.717) is 11.7 Å². The molecule has 1 aliphatic carbocycles. The fraction of sp³-hybridized carbons (Fsp3) is 0.800. The lowest BCUT2D eigenvalue weighted by Gasteiger charge is -2.17. The minimum atomic E-state index is -0.404. The summed E-state index contributed by atoms with van der Waals surface area (Å²) >= 11 is 0. The normalized spacial score (nSPS) is 21.8. The van der Waals surface area contributed by atoms with Crippen molar-refractivity contribution in [2.75, 3.05) is 7.11 Å². The molecule has 0 radical (unpaired) electrons. The quantitative estimate of drug-likeness (QED) is 0.820. The highest BCUT2D eigenvalue weighted by molar-refractivity contribution is 5.05. The number of nitrogens with two attached hydrogens (primary N) is 1. The molecule has 15 heavy (non-hydrogen) atoms. The highest BCUT2D eigenvalue weighted by atomic mass is 16.5. The Labute approximate surface area is 89.0 Å². The summed E-state index contributed by atoms with van der Waals surface area (Å²) in [5, 5.41) is 3.89. The first-order valence-electron chi connectivity index (χ1n) is 5.31. The molecule has 0 aliphatic heterocycles. The van der Waals surface area contributed by atoms with Crippen molar-refractivity contribution >= 4 is 0 Å². The van der Waals surface area contributed by atoms with Crippen molar-refractivity contribution in [3.05, 3.63) is 11.7 Å². The average Bonchev–Trinajstić information content (AvgIpc) is 2.85. The third kappa shape index (κ3) is 1.89. The lowest BCUT2D eigenvalue weighted by atomic mass is 9.99. The summed E-state index contributed by atoms with van der Waals surface area (Å²) < 4.78 is 10.3. The Kier molecular flexibility index (Phi) is 2.75. The Morgan fingerprint density at radius 2 is 2.13 bits per heavy atom. The smallest absolute Gasteiger partial charge is 0.246 e. The summed E-state index contributed by atoms with van der Waals surface area (Å²) in [7, 11) is 1.62. The molecule has 0 aromatic carbocycles. The SMILES string of the molecule is COC(C)c1noc(C2(N)CCCC2)n1. The fourth-order valence-electron chi connectivity index (χ4n) is 1.93. The lowest BCUT2D eigenvalue weighted by Crippen LogP contribution is -2.33. The van der Waals surface area contributed by atoms with Crippen LogP contribution in [-0.2, 0) is 10.3 Å². The molecule has 1 aliphatic rings. The summed E-state index contributed by atoms with van der Waals surface area (Å²) in [5.74, 6) is 1.13. The molecule has 1 heterocycles. The van der Waals surface area contributed by atoms with Crippen LogP contribution < -0.4 is 5.73 Å². The number of ether oxygens (including phenoxy) is 1. The maximum atomic E-state index is 6.20. The van der Waals surface area contributed by atoms with Crippen LogP contribution in [0.3, 0.4) is 0 Å². The molecule has 0 spiro atoms. The van der Waals surface area contributed by atoms with Gasteiger partial charge in [-0.05, 0) is 19.8 Å². The van der Waals surface area contributed by atoms with Crippen LogP contribution in [0.5, 0.6) is 0 Å². The van der Waals surface area contributed by atoms with Crippen LogP contribution in [0, 0.1) is 0 Å². The molecule has 1 aromatic heterocycles. The largest absolute Gasteiger partial charge is 0.374 e. The van der Waals surface area contributed by atoms with Gasteiger partial charge in [0.25, 0.3) is 0 Å². The monoisotopic (exact) mass is 211 g/mol. The van der Waals surface area contributed by atoms with E-state index in [-0.39, 0.29) is 6.10 Å². The summed E-state index contributed by atoms with van der Waals surface area (Å²) in [6, 6.07) is 0. The maximum Gasteiger partial charge on any atom is 0.246 e. The molecule has 1 unspecified atom stereocenters. The van der Waals surface area contributed by atoms with Gasteiger partial charge in [0.15, 0.2) is 5.82 Å². The summed E-state index contributed by atoms with van der Waals surface area (Å²) in [6.45, 7) is 1.88. The van der Waals surface area contributed by atoms with E-state index in [4.69, 9.17) is 15.0 Å². The van der Waals surface area contributed by atoms with E-state index in [1.807, 2.05) is 6.92 Å². The Morgan fingerprint density at radius 1 is 1.47 bits per heavy atom. The van der Waals surface area contributed by atoms with Crippen LogP contribution in [0.4, 0.5) is 0 Å². The van der Waals surface area contributed by atoms with Crippen molar-refractivity contribution in [3.8, 4) is 0 Å². The molecule has 5 nitrogen and oxygen atoms in total. The summed E-state index contributed by atoms with van der Waals surface area (Å²) in [5.41, 5.74) is 5.79. The van der Waals surface area contributed by atoms with Gasteiger partial charge in [0.1, 0.15) is 6.10 Å². The maximum absolute atomic E-state index is 6.20. The molecule has 1 aromatic rings. The molecule has 2 rings (SSSR count). The van der Waals surface area contributed by atoms with Gasteiger partial charge in [-0.15, -0.1) is 0 Å². The molecule has 1 atom stereocenters. The van der Waals surface area contributed by atoms with Gasteiger partial charge in [0, 0.05) is 7.11 Å². The van der Waals surface area contributed by atoms with Gasteiger partial charge < -0.3 is 15.0 Å². The van der Waals surface area contributed by atoms with Crippen molar-refractivity contribution in [2.24, 2.45) is 5.73 Å². The predicted molar refractivity (Wildman–Crippen MR) is 54.1 cm³/mol. The molecular weight excluding hydrogens is 194 g/mol. The first-order valence-corrected chi connectivity index (χ1v) is 5.31. The number of methoxy groups -OCH3 is 1. The minimum Gasteiger partial charge on any atom is -0.374 e. The number of nitrogens with zero attached hydrogens (tertiary/aromatic N) is 2. The van der Waals surface area contributed by atoms with E-state index in [9.17, 15) is 0 Å². The van der Waals surface area contributed by atoms with E-state index in [1.165, 1.54) is 0 Å². The van der Waals surface area contributed by atoms with Crippen molar-refractivity contribution in [3.63, 3.8) is 0 Å². The second-order valence-corrected chi connectivity index (χ2v) is 4.20. The van der Waals surface area contributed by atoms with Gasteiger partial charge in [-0.25, -0.2) is 0 Å². The Hall–Kier alpha value is -0.940. The predicted octanol–water partition coefficient (Wildman–Crippen LogP) is 1.50. The van der Waals surface area contributed by atoms with Gasteiger partial charge in [-0.3, -0.25) is 0 Å². The highest BCUT2D eigenvalue weighted by Crippen LogP contribution is 2.35. The Morgan fingerprint density at radius 3 is 2.73 bits per heavy atom.